The summed E-state index contributed by atoms with van der Waals surface area (Å²) < 4.78 is 0. The summed E-state index contributed by atoms with van der Waals surface area (Å²) in [5, 5.41) is 2.74. The van der Waals surface area contributed by atoms with Gasteiger partial charge in [-0.2, -0.15) is 0 Å². The summed E-state index contributed by atoms with van der Waals surface area (Å²) in [4.78, 5) is 10.9. The Kier molecular flexibility index (Phi) is 10.2. The molecule has 3 nitrogen and oxygen atoms in total. The van der Waals surface area contributed by atoms with Crippen LogP contribution in [0.3, 0.4) is 0 Å². The first-order valence-electron chi connectivity index (χ1n) is 6.41. The maximum absolute atomic E-state index is 10.9. The van der Waals surface area contributed by atoms with Crippen LogP contribution in [0, 0.1) is 12.3 Å². The number of rotatable bonds is 5. The highest BCUT2D eigenvalue weighted by Crippen LogP contribution is 2.16. The Bertz CT molecular complexity index is 470. The number of primary amides is 1. The molecule has 0 radical (unpaired) electrons. The lowest BCUT2D eigenvalue weighted by molar-refractivity contribution is 0.245. The van der Waals surface area contributed by atoms with E-state index in [1.54, 1.807) is 6.92 Å². The third-order valence-corrected chi connectivity index (χ3v) is 2.33. The van der Waals surface area contributed by atoms with Gasteiger partial charge in [-0.05, 0) is 25.8 Å². The molecule has 0 aliphatic carbocycles. The van der Waals surface area contributed by atoms with Crippen molar-refractivity contribution >= 4 is 6.03 Å². The SMILES string of the molecule is C#CC.C/C=C\C=C/CC(NC(N)=O)c1ccccc1. The van der Waals surface area contributed by atoms with Crippen molar-refractivity contribution in [3.63, 3.8) is 0 Å². The molecule has 1 rings (SSSR count). The van der Waals surface area contributed by atoms with Crippen LogP contribution in [0.5, 0.6) is 0 Å². The largest absolute Gasteiger partial charge is 0.352 e. The predicted molar refractivity (Wildman–Crippen MR) is 85.0 cm³/mol. The van der Waals surface area contributed by atoms with E-state index >= 15 is 0 Å². The zero-order valence-corrected chi connectivity index (χ0v) is 12.0. The topological polar surface area (TPSA) is 55.1 Å². The molecule has 3 heteroatoms. The van der Waals surface area contributed by atoms with Crippen molar-refractivity contribution < 1.29 is 4.79 Å². The monoisotopic (exact) mass is 270 g/mol. The van der Waals surface area contributed by atoms with Gasteiger partial charge in [0.25, 0.3) is 0 Å². The molecule has 0 bridgehead atoms. The first-order valence-corrected chi connectivity index (χ1v) is 6.41. The minimum Gasteiger partial charge on any atom is -0.352 e. The molecule has 0 spiro atoms. The van der Waals surface area contributed by atoms with Gasteiger partial charge in [0.15, 0.2) is 0 Å². The number of amides is 2. The maximum Gasteiger partial charge on any atom is 0.312 e. The molecule has 1 atom stereocenters. The van der Waals surface area contributed by atoms with Crippen molar-refractivity contribution in [2.75, 3.05) is 0 Å². The zero-order chi connectivity index (χ0) is 15.2. The lowest BCUT2D eigenvalue weighted by Gasteiger charge is -2.15. The molecular weight excluding hydrogens is 248 g/mol. The molecule has 106 valence electrons. The van der Waals surface area contributed by atoms with Gasteiger partial charge in [-0.1, -0.05) is 54.6 Å². The Morgan fingerprint density at radius 1 is 1.40 bits per heavy atom. The predicted octanol–water partition coefficient (Wildman–Crippen LogP) is 3.56. The summed E-state index contributed by atoms with van der Waals surface area (Å²) in [5.74, 6) is 2.25. The Labute approximate surface area is 121 Å². The van der Waals surface area contributed by atoms with Crippen molar-refractivity contribution in [2.24, 2.45) is 5.73 Å². The van der Waals surface area contributed by atoms with Crippen molar-refractivity contribution in [1.29, 1.82) is 0 Å². The van der Waals surface area contributed by atoms with E-state index in [0.29, 0.717) is 0 Å². The third-order valence-electron chi connectivity index (χ3n) is 2.33. The number of terminal acetylenes is 1. The molecule has 1 unspecified atom stereocenters. The molecule has 3 N–H and O–H groups in total. The molecule has 0 aliphatic rings. The summed E-state index contributed by atoms with van der Waals surface area (Å²) >= 11 is 0. The highest BCUT2D eigenvalue weighted by molar-refractivity contribution is 5.72. The van der Waals surface area contributed by atoms with Gasteiger partial charge in [-0.15, -0.1) is 12.3 Å². The number of allylic oxidation sites excluding steroid dienone is 3. The van der Waals surface area contributed by atoms with Crippen LogP contribution in [-0.2, 0) is 0 Å². The fraction of sp³-hybridized carbons (Fsp3) is 0.235. The van der Waals surface area contributed by atoms with Crippen LogP contribution in [0.1, 0.15) is 31.9 Å². The lowest BCUT2D eigenvalue weighted by atomic mass is 10.0. The van der Waals surface area contributed by atoms with E-state index in [0.717, 1.165) is 12.0 Å². The van der Waals surface area contributed by atoms with Crippen LogP contribution in [0.25, 0.3) is 0 Å². The highest BCUT2D eigenvalue weighted by atomic mass is 16.2. The maximum atomic E-state index is 10.9. The van der Waals surface area contributed by atoms with E-state index in [4.69, 9.17) is 5.73 Å². The van der Waals surface area contributed by atoms with E-state index in [1.165, 1.54) is 0 Å². The van der Waals surface area contributed by atoms with Crippen LogP contribution in [0.15, 0.2) is 54.6 Å². The Balaban J connectivity index is 0.00000110. The number of carbonyl (C=O) groups excluding carboxylic acids is 1. The Morgan fingerprint density at radius 3 is 2.50 bits per heavy atom. The smallest absolute Gasteiger partial charge is 0.312 e. The number of nitrogens with one attached hydrogen (secondary N) is 1. The number of nitrogens with two attached hydrogens (primary N) is 1. The van der Waals surface area contributed by atoms with Gasteiger partial charge in [0.2, 0.25) is 0 Å². The summed E-state index contributed by atoms with van der Waals surface area (Å²) in [7, 11) is 0. The minimum atomic E-state index is -0.502. The Morgan fingerprint density at radius 2 is 2.00 bits per heavy atom. The zero-order valence-electron chi connectivity index (χ0n) is 12.0. The average Bonchev–Trinajstić information content (AvgIpc) is 2.44. The van der Waals surface area contributed by atoms with Crippen LogP contribution < -0.4 is 11.1 Å². The molecule has 0 saturated heterocycles. The number of hydrogen-bond acceptors (Lipinski definition) is 1. The van der Waals surface area contributed by atoms with Crippen LogP contribution >= 0.6 is 0 Å². The second-order valence-electron chi connectivity index (χ2n) is 3.95. The second kappa shape index (κ2) is 11.6. The molecule has 1 aromatic rings. The average molecular weight is 270 g/mol. The van der Waals surface area contributed by atoms with Gasteiger partial charge in [0.05, 0.1) is 6.04 Å². The highest BCUT2D eigenvalue weighted by Gasteiger charge is 2.10. The van der Waals surface area contributed by atoms with Gasteiger partial charge in [-0.3, -0.25) is 0 Å². The molecule has 1 aromatic carbocycles. The van der Waals surface area contributed by atoms with Crippen molar-refractivity contribution in [2.45, 2.75) is 26.3 Å². The number of hydrogen-bond donors (Lipinski definition) is 2. The third kappa shape index (κ3) is 8.60. The molecule has 2 amide bonds. The van der Waals surface area contributed by atoms with Gasteiger partial charge < -0.3 is 11.1 Å². The van der Waals surface area contributed by atoms with E-state index in [9.17, 15) is 4.79 Å². The summed E-state index contributed by atoms with van der Waals surface area (Å²) in [6.07, 6.45) is 13.2. The molecule has 20 heavy (non-hydrogen) atoms. The molecule has 0 fully saturated rings. The van der Waals surface area contributed by atoms with Crippen LogP contribution in [0.2, 0.25) is 0 Å². The number of benzene rings is 1. The number of urea groups is 1. The summed E-state index contributed by atoms with van der Waals surface area (Å²) in [5.41, 5.74) is 6.23. The standard InChI is InChI=1S/C14H18N2O.C3H4/c1-2-3-4-8-11-13(16-14(15)17)12-9-6-5-7-10-12;1-3-2/h2-10,13H,11H2,1H3,(H3,15,16,17);1H,2H3/b3-2-,8-4-;. The van der Waals surface area contributed by atoms with E-state index < -0.39 is 6.03 Å². The summed E-state index contributed by atoms with van der Waals surface area (Å²) in [6, 6.07) is 9.21. The van der Waals surface area contributed by atoms with E-state index in [2.05, 4.69) is 17.7 Å². The van der Waals surface area contributed by atoms with Gasteiger partial charge >= 0.3 is 6.03 Å². The first kappa shape index (κ1) is 17.5. The molecule has 0 aliphatic heterocycles. The van der Waals surface area contributed by atoms with Crippen molar-refractivity contribution in [3.8, 4) is 12.3 Å². The minimum absolute atomic E-state index is 0.0739. The fourth-order valence-electron chi connectivity index (χ4n) is 1.54. The molecule has 0 aromatic heterocycles. The normalized spacial score (nSPS) is 11.4. The first-order chi connectivity index (χ1) is 9.65. The van der Waals surface area contributed by atoms with Gasteiger partial charge in [0, 0.05) is 0 Å². The fourth-order valence-corrected chi connectivity index (χ4v) is 1.54. The van der Waals surface area contributed by atoms with Crippen molar-refractivity contribution in [3.05, 3.63) is 60.2 Å². The Hall–Kier alpha value is -2.47. The quantitative estimate of drug-likeness (QED) is 0.624. The van der Waals surface area contributed by atoms with Gasteiger partial charge in [0.1, 0.15) is 0 Å². The van der Waals surface area contributed by atoms with Crippen molar-refractivity contribution in [1.82, 2.24) is 5.32 Å². The van der Waals surface area contributed by atoms with E-state index in [1.807, 2.05) is 61.6 Å². The molecular formula is C17H22N2O. The van der Waals surface area contributed by atoms with Crippen LogP contribution in [-0.4, -0.2) is 6.03 Å². The molecule has 0 heterocycles. The second-order valence-corrected chi connectivity index (χ2v) is 3.95. The molecule has 0 saturated carbocycles. The van der Waals surface area contributed by atoms with Crippen LogP contribution in [0.4, 0.5) is 4.79 Å². The lowest BCUT2D eigenvalue weighted by Crippen LogP contribution is -2.32. The number of carbonyl (C=O) groups is 1. The van der Waals surface area contributed by atoms with Gasteiger partial charge in [-0.25, -0.2) is 4.79 Å². The summed E-state index contributed by atoms with van der Waals surface area (Å²) in [6.45, 7) is 3.61. The van der Waals surface area contributed by atoms with E-state index in [-0.39, 0.29) is 6.04 Å².